The number of aromatic nitrogens is 2. The minimum atomic E-state index is -4.82. The number of carbonyl (C=O) groups is 1. The Bertz CT molecular complexity index is 1100. The van der Waals surface area contributed by atoms with Crippen molar-refractivity contribution in [3.63, 3.8) is 0 Å². The minimum absolute atomic E-state index is 0.00648. The number of nitrogens with one attached hydrogen (secondary N) is 1. The van der Waals surface area contributed by atoms with Crippen LogP contribution in [0.4, 0.5) is 23.2 Å². The molecular formula is C24H29F4N3O6. The second kappa shape index (κ2) is 11.3. The number of amides is 1. The van der Waals surface area contributed by atoms with Gasteiger partial charge < -0.3 is 29.7 Å². The monoisotopic (exact) mass is 531 g/mol. The largest absolute Gasteiger partial charge is 0.491 e. The maximum absolute atomic E-state index is 14.4. The number of carbonyl (C=O) groups excluding carboxylic acids is 1. The first-order chi connectivity index (χ1) is 17.4. The first kappa shape index (κ1) is 28.7. The van der Waals surface area contributed by atoms with Crippen molar-refractivity contribution in [2.45, 2.75) is 50.7 Å². The molecule has 3 rings (SSSR count). The molecule has 1 amide bonds. The average molecular weight is 532 g/mol. The third-order valence-corrected chi connectivity index (χ3v) is 6.60. The summed E-state index contributed by atoms with van der Waals surface area (Å²) in [4.78, 5) is 20.9. The lowest BCUT2D eigenvalue weighted by Crippen LogP contribution is -2.47. The van der Waals surface area contributed by atoms with E-state index in [9.17, 15) is 27.5 Å². The molecule has 0 spiro atoms. The summed E-state index contributed by atoms with van der Waals surface area (Å²) < 4.78 is 73.0. The Kier molecular flexibility index (Phi) is 8.73. The van der Waals surface area contributed by atoms with Crippen molar-refractivity contribution >= 4 is 11.6 Å². The second-order valence-corrected chi connectivity index (χ2v) is 8.91. The van der Waals surface area contributed by atoms with Crippen LogP contribution in [-0.4, -0.2) is 70.9 Å². The Morgan fingerprint density at radius 3 is 2.49 bits per heavy atom. The van der Waals surface area contributed by atoms with Crippen LogP contribution in [-0.2, 0) is 14.3 Å². The molecule has 0 radical (unpaired) electrons. The molecule has 9 nitrogen and oxygen atoms in total. The molecule has 1 aliphatic rings. The Labute approximate surface area is 210 Å². The van der Waals surface area contributed by atoms with Crippen molar-refractivity contribution in [2.24, 2.45) is 5.92 Å². The Balaban J connectivity index is 2.02. The molecule has 5 atom stereocenters. The van der Waals surface area contributed by atoms with Crippen LogP contribution in [0.1, 0.15) is 42.8 Å². The van der Waals surface area contributed by atoms with Crippen LogP contribution < -0.4 is 10.1 Å². The molecule has 37 heavy (non-hydrogen) atoms. The number of nitrogens with zero attached hydrogens (tertiary/aromatic N) is 2. The van der Waals surface area contributed by atoms with E-state index in [0.717, 1.165) is 25.4 Å². The fraction of sp³-hybridized carbons (Fsp3) is 0.542. The molecule has 0 aliphatic carbocycles. The zero-order chi connectivity index (χ0) is 27.5. The minimum Gasteiger partial charge on any atom is -0.491 e. The summed E-state index contributed by atoms with van der Waals surface area (Å²) in [6.07, 6.45) is -5.53. The number of benzene rings is 1. The van der Waals surface area contributed by atoms with Gasteiger partial charge in [-0.1, -0.05) is 13.0 Å². The summed E-state index contributed by atoms with van der Waals surface area (Å²) in [6, 6.07) is 2.41. The molecule has 0 saturated carbocycles. The van der Waals surface area contributed by atoms with Crippen LogP contribution in [0.15, 0.2) is 24.5 Å². The predicted octanol–water partition coefficient (Wildman–Crippen LogP) is 3.05. The highest BCUT2D eigenvalue weighted by Crippen LogP contribution is 2.55. The van der Waals surface area contributed by atoms with Gasteiger partial charge in [0.15, 0.2) is 11.4 Å². The van der Waals surface area contributed by atoms with Crippen LogP contribution >= 0.6 is 0 Å². The molecule has 1 aromatic carbocycles. The third kappa shape index (κ3) is 5.69. The predicted molar refractivity (Wildman–Crippen MR) is 122 cm³/mol. The van der Waals surface area contributed by atoms with E-state index in [0.29, 0.717) is 0 Å². The number of anilines is 1. The van der Waals surface area contributed by atoms with Gasteiger partial charge in [-0.25, -0.2) is 14.4 Å². The number of aliphatic hydroxyl groups is 2. The van der Waals surface area contributed by atoms with Gasteiger partial charge in [-0.05, 0) is 19.9 Å². The highest BCUT2D eigenvalue weighted by Gasteiger charge is 2.65. The van der Waals surface area contributed by atoms with Gasteiger partial charge in [0.05, 0.1) is 31.3 Å². The van der Waals surface area contributed by atoms with E-state index < -0.39 is 54.2 Å². The zero-order valence-corrected chi connectivity index (χ0v) is 20.7. The van der Waals surface area contributed by atoms with Gasteiger partial charge in [0, 0.05) is 30.1 Å². The Morgan fingerprint density at radius 1 is 1.27 bits per heavy atom. The van der Waals surface area contributed by atoms with E-state index in [1.165, 1.54) is 27.0 Å². The smallest absolute Gasteiger partial charge is 0.417 e. The fourth-order valence-electron chi connectivity index (χ4n) is 4.26. The molecule has 2 aromatic rings. The summed E-state index contributed by atoms with van der Waals surface area (Å²) >= 11 is 0. The van der Waals surface area contributed by atoms with E-state index in [-0.39, 0.29) is 41.6 Å². The van der Waals surface area contributed by atoms with E-state index >= 15 is 0 Å². The highest BCUT2D eigenvalue weighted by molar-refractivity contribution is 5.95. The summed E-state index contributed by atoms with van der Waals surface area (Å²) in [5.41, 5.74) is -2.40. The standard InChI is InChI=1S/C24H29F4N3O6/c1-12-16(25)6-5-15(19(12)36-8-7-35-4)18-13(2)23(3,24(26,27)28)37-20(18)22(34)31-14-9-29-21(30-10-14)17(33)11-32/h5-6,9-10,13,17-18,20,32-33H,7-8,11H2,1-4H3,(H,31,34)/t13-,17+,18-,20-,23+/m1/s1. The maximum atomic E-state index is 14.4. The molecule has 1 aromatic heterocycles. The molecule has 2 heterocycles. The first-order valence-electron chi connectivity index (χ1n) is 11.4. The summed E-state index contributed by atoms with van der Waals surface area (Å²) in [6.45, 7) is 3.15. The lowest BCUT2D eigenvalue weighted by Gasteiger charge is -2.32. The number of aliphatic hydroxyl groups excluding tert-OH is 2. The number of rotatable bonds is 9. The van der Waals surface area contributed by atoms with Gasteiger partial charge in [0.2, 0.25) is 0 Å². The van der Waals surface area contributed by atoms with E-state index in [2.05, 4.69) is 15.3 Å². The number of methoxy groups -OCH3 is 1. The van der Waals surface area contributed by atoms with Crippen LogP contribution in [0.2, 0.25) is 0 Å². The van der Waals surface area contributed by atoms with Crippen LogP contribution in [0.25, 0.3) is 0 Å². The molecule has 204 valence electrons. The van der Waals surface area contributed by atoms with E-state index in [1.54, 1.807) is 0 Å². The van der Waals surface area contributed by atoms with Crippen LogP contribution in [0.5, 0.6) is 5.75 Å². The summed E-state index contributed by atoms with van der Waals surface area (Å²) in [5.74, 6) is -4.05. The van der Waals surface area contributed by atoms with Gasteiger partial charge in [-0.15, -0.1) is 0 Å². The van der Waals surface area contributed by atoms with Crippen molar-refractivity contribution in [2.75, 3.05) is 32.2 Å². The SMILES string of the molecule is COCCOc1c([C@H]2[C@@H](C)[C@@](C)(C(F)(F)F)O[C@H]2C(=O)Nc2cnc([C@@H](O)CO)nc2)ccc(F)c1C. The molecule has 0 unspecified atom stereocenters. The third-order valence-electron chi connectivity index (χ3n) is 6.60. The number of hydrogen-bond acceptors (Lipinski definition) is 8. The average Bonchev–Trinajstić information content (AvgIpc) is 3.13. The van der Waals surface area contributed by atoms with Crippen molar-refractivity contribution in [1.82, 2.24) is 9.97 Å². The Morgan fingerprint density at radius 2 is 1.92 bits per heavy atom. The van der Waals surface area contributed by atoms with Crippen molar-refractivity contribution in [1.29, 1.82) is 0 Å². The second-order valence-electron chi connectivity index (χ2n) is 8.91. The number of ether oxygens (including phenoxy) is 3. The summed E-state index contributed by atoms with van der Waals surface area (Å²) in [5, 5.41) is 21.1. The number of halogens is 4. The number of hydrogen-bond donors (Lipinski definition) is 3. The highest BCUT2D eigenvalue weighted by atomic mass is 19.4. The van der Waals surface area contributed by atoms with Gasteiger partial charge in [-0.2, -0.15) is 13.2 Å². The maximum Gasteiger partial charge on any atom is 0.417 e. The molecule has 1 fully saturated rings. The zero-order valence-electron chi connectivity index (χ0n) is 20.7. The van der Waals surface area contributed by atoms with Gasteiger partial charge in [0.25, 0.3) is 5.91 Å². The van der Waals surface area contributed by atoms with Crippen molar-refractivity contribution in [3.8, 4) is 5.75 Å². The lowest BCUT2D eigenvalue weighted by molar-refractivity contribution is -0.272. The van der Waals surface area contributed by atoms with Gasteiger partial charge >= 0.3 is 6.18 Å². The van der Waals surface area contributed by atoms with Crippen LogP contribution in [0, 0.1) is 18.7 Å². The topological polar surface area (TPSA) is 123 Å². The number of alkyl halides is 3. The molecular weight excluding hydrogens is 502 g/mol. The Hall–Kier alpha value is -2.87. The van der Waals surface area contributed by atoms with Gasteiger partial charge in [-0.3, -0.25) is 4.79 Å². The lowest BCUT2D eigenvalue weighted by atomic mass is 9.76. The normalized spacial score (nSPS) is 24.6. The van der Waals surface area contributed by atoms with E-state index in [1.807, 2.05) is 0 Å². The van der Waals surface area contributed by atoms with Crippen molar-refractivity contribution in [3.05, 3.63) is 47.3 Å². The molecule has 3 N–H and O–H groups in total. The van der Waals surface area contributed by atoms with Gasteiger partial charge in [0.1, 0.15) is 30.4 Å². The van der Waals surface area contributed by atoms with Crippen LogP contribution in [0.3, 0.4) is 0 Å². The van der Waals surface area contributed by atoms with E-state index in [4.69, 9.17) is 19.3 Å². The molecule has 13 heteroatoms. The summed E-state index contributed by atoms with van der Waals surface area (Å²) in [7, 11) is 1.44. The molecule has 1 aliphatic heterocycles. The quantitative estimate of drug-likeness (QED) is 0.333. The molecule has 1 saturated heterocycles. The first-order valence-corrected chi connectivity index (χ1v) is 11.4. The fourth-order valence-corrected chi connectivity index (χ4v) is 4.26. The molecule has 0 bridgehead atoms. The van der Waals surface area contributed by atoms with Crippen molar-refractivity contribution < 1.29 is 46.8 Å².